The third-order valence-electron chi connectivity index (χ3n) is 9.65. The lowest BCUT2D eigenvalue weighted by molar-refractivity contribution is -0.889. The number of likely N-dealkylation sites (N-methyl/N-ethyl adjacent to an activating group) is 1. The van der Waals surface area contributed by atoms with Gasteiger partial charge in [-0.3, -0.25) is 9.59 Å². The van der Waals surface area contributed by atoms with Crippen LogP contribution in [0.1, 0.15) is 194 Å². The summed E-state index contributed by atoms with van der Waals surface area (Å²) in [5, 5.41) is 11.6. The number of hydrogen-bond acceptors (Lipinski definition) is 7. The van der Waals surface area contributed by atoms with Crippen molar-refractivity contribution in [3.63, 3.8) is 0 Å². The number of unbranched alkanes of at least 4 members (excludes halogenated alkanes) is 22. The summed E-state index contributed by atoms with van der Waals surface area (Å²) in [6, 6.07) is -0.721. The molecular weight excluding hydrogens is 642 g/mol. The number of carbonyl (C=O) groups excluding carboxylic acids is 3. The maximum Gasteiger partial charge on any atom is 0.306 e. The van der Waals surface area contributed by atoms with Gasteiger partial charge in [0.15, 0.2) is 6.10 Å². The van der Waals surface area contributed by atoms with E-state index in [1.54, 1.807) is 21.1 Å². The molecule has 51 heavy (non-hydrogen) atoms. The van der Waals surface area contributed by atoms with Crippen LogP contribution in [0.25, 0.3) is 0 Å². The number of nitrogens with zero attached hydrogens (tertiary/aromatic N) is 1. The number of carboxylic acid groups (broad SMARTS) is 1. The number of carboxylic acids is 1. The zero-order chi connectivity index (χ0) is 37.8. The predicted molar refractivity (Wildman–Crippen MR) is 208 cm³/mol. The van der Waals surface area contributed by atoms with Gasteiger partial charge < -0.3 is 28.6 Å². The number of aliphatic carboxylic acids is 1. The average molecular weight is 724 g/mol. The Hall–Kier alpha value is -1.93. The number of esters is 2. The largest absolute Gasteiger partial charge is 0.544 e. The fourth-order valence-electron chi connectivity index (χ4n) is 6.30. The van der Waals surface area contributed by atoms with Crippen LogP contribution in [-0.2, 0) is 28.6 Å². The molecule has 0 aliphatic heterocycles. The normalized spacial score (nSPS) is 13.0. The van der Waals surface area contributed by atoms with E-state index in [1.807, 2.05) is 0 Å². The molecule has 0 heterocycles. The Balaban J connectivity index is 4.33. The third-order valence-corrected chi connectivity index (χ3v) is 9.65. The van der Waals surface area contributed by atoms with Crippen molar-refractivity contribution in [1.82, 2.24) is 0 Å². The molecular formula is C43H81NO7. The second-order valence-corrected chi connectivity index (χ2v) is 15.6. The summed E-state index contributed by atoms with van der Waals surface area (Å²) in [6.07, 6.45) is 35.1. The summed E-state index contributed by atoms with van der Waals surface area (Å²) >= 11 is 0. The number of ether oxygens (including phenoxy) is 3. The van der Waals surface area contributed by atoms with Crippen LogP contribution in [0.4, 0.5) is 0 Å². The fraction of sp³-hybridized carbons (Fsp3) is 0.884. The predicted octanol–water partition coefficient (Wildman–Crippen LogP) is 9.80. The Bertz CT molecular complexity index is 854. The minimum Gasteiger partial charge on any atom is -0.544 e. The Morgan fingerprint density at radius 3 is 1.41 bits per heavy atom. The Morgan fingerprint density at radius 2 is 0.980 bits per heavy atom. The van der Waals surface area contributed by atoms with Gasteiger partial charge in [-0.05, 0) is 38.5 Å². The highest BCUT2D eigenvalue weighted by Crippen LogP contribution is 2.14. The number of allylic oxidation sites excluding steroid dienone is 2. The monoisotopic (exact) mass is 724 g/mol. The quantitative estimate of drug-likeness (QED) is 0.0271. The van der Waals surface area contributed by atoms with E-state index in [-0.39, 0.29) is 42.7 Å². The molecule has 0 amide bonds. The van der Waals surface area contributed by atoms with Crippen molar-refractivity contribution < 1.29 is 38.2 Å². The first-order chi connectivity index (χ1) is 24.6. The van der Waals surface area contributed by atoms with Crippen molar-refractivity contribution >= 4 is 17.9 Å². The summed E-state index contributed by atoms with van der Waals surface area (Å²) in [6.45, 7) is 4.65. The lowest BCUT2D eigenvalue weighted by Crippen LogP contribution is -2.55. The number of carbonyl (C=O) groups is 3. The van der Waals surface area contributed by atoms with E-state index in [0.29, 0.717) is 12.8 Å². The highest BCUT2D eigenvalue weighted by atomic mass is 16.6. The van der Waals surface area contributed by atoms with E-state index in [1.165, 1.54) is 109 Å². The second kappa shape index (κ2) is 35.1. The lowest BCUT2D eigenvalue weighted by atomic mass is 10.1. The van der Waals surface area contributed by atoms with E-state index in [4.69, 9.17) is 14.2 Å². The van der Waals surface area contributed by atoms with Gasteiger partial charge in [0.05, 0.1) is 40.3 Å². The van der Waals surface area contributed by atoms with Crippen LogP contribution in [0.15, 0.2) is 12.2 Å². The van der Waals surface area contributed by atoms with Crippen LogP contribution >= 0.6 is 0 Å². The van der Waals surface area contributed by atoms with Crippen LogP contribution in [0, 0.1) is 0 Å². The summed E-state index contributed by atoms with van der Waals surface area (Å²) in [5.74, 6) is -1.74. The molecule has 0 saturated heterocycles. The van der Waals surface area contributed by atoms with Gasteiger partial charge in [-0.15, -0.1) is 0 Å². The molecule has 0 radical (unpaired) electrons. The molecule has 0 aliphatic rings. The topological polar surface area (TPSA) is 102 Å². The van der Waals surface area contributed by atoms with Crippen LogP contribution < -0.4 is 5.11 Å². The Kier molecular flexibility index (Phi) is 33.8. The van der Waals surface area contributed by atoms with E-state index < -0.39 is 18.1 Å². The summed E-state index contributed by atoms with van der Waals surface area (Å²) < 4.78 is 17.1. The molecule has 0 spiro atoms. The number of quaternary nitrogens is 1. The van der Waals surface area contributed by atoms with Gasteiger partial charge in [0, 0.05) is 19.3 Å². The molecule has 0 bridgehead atoms. The summed E-state index contributed by atoms with van der Waals surface area (Å²) in [7, 11) is 5.40. The summed E-state index contributed by atoms with van der Waals surface area (Å²) in [4.78, 5) is 36.7. The standard InChI is InChI=1S/C43H81NO7/c1-6-8-10-12-14-16-18-19-20-21-22-24-25-27-29-31-33-41(45)50-38-39(37-49-36-35-40(43(47)48)44(3,4)5)51-42(46)34-32-30-28-26-23-17-15-13-11-9-7-2/h20-21,39-40H,6-19,22-38H2,1-5H3/b21-20+. The highest BCUT2D eigenvalue weighted by Gasteiger charge is 2.25. The van der Waals surface area contributed by atoms with Crippen molar-refractivity contribution in [3.05, 3.63) is 12.2 Å². The minimum atomic E-state index is -1.12. The molecule has 0 N–H and O–H groups in total. The zero-order valence-corrected chi connectivity index (χ0v) is 34.0. The Morgan fingerprint density at radius 1 is 0.569 bits per heavy atom. The molecule has 8 heteroatoms. The van der Waals surface area contributed by atoms with E-state index >= 15 is 0 Å². The molecule has 300 valence electrons. The van der Waals surface area contributed by atoms with E-state index in [0.717, 1.165) is 51.4 Å². The van der Waals surface area contributed by atoms with E-state index in [2.05, 4.69) is 26.0 Å². The smallest absolute Gasteiger partial charge is 0.306 e. The van der Waals surface area contributed by atoms with Crippen molar-refractivity contribution in [2.45, 2.75) is 206 Å². The molecule has 0 saturated carbocycles. The van der Waals surface area contributed by atoms with Crippen LogP contribution in [0.3, 0.4) is 0 Å². The van der Waals surface area contributed by atoms with Crippen molar-refractivity contribution in [3.8, 4) is 0 Å². The summed E-state index contributed by atoms with van der Waals surface area (Å²) in [5.41, 5.74) is 0. The highest BCUT2D eigenvalue weighted by molar-refractivity contribution is 5.70. The maximum atomic E-state index is 12.6. The maximum absolute atomic E-state index is 12.6. The van der Waals surface area contributed by atoms with Crippen molar-refractivity contribution in [2.24, 2.45) is 0 Å². The van der Waals surface area contributed by atoms with Gasteiger partial charge in [-0.2, -0.15) is 0 Å². The molecule has 0 aliphatic carbocycles. The molecule has 0 aromatic rings. The van der Waals surface area contributed by atoms with Crippen LogP contribution in [0.5, 0.6) is 0 Å². The first-order valence-corrected chi connectivity index (χ1v) is 21.2. The van der Waals surface area contributed by atoms with E-state index in [9.17, 15) is 19.5 Å². The second-order valence-electron chi connectivity index (χ2n) is 15.6. The van der Waals surface area contributed by atoms with Gasteiger partial charge >= 0.3 is 11.9 Å². The van der Waals surface area contributed by atoms with Gasteiger partial charge in [0.2, 0.25) is 0 Å². The molecule has 2 atom stereocenters. The van der Waals surface area contributed by atoms with Crippen LogP contribution in [-0.4, -0.2) is 75.5 Å². The lowest BCUT2D eigenvalue weighted by Gasteiger charge is -2.34. The van der Waals surface area contributed by atoms with Crippen molar-refractivity contribution in [1.29, 1.82) is 0 Å². The molecule has 0 aromatic heterocycles. The average Bonchev–Trinajstić information content (AvgIpc) is 3.08. The first-order valence-electron chi connectivity index (χ1n) is 21.2. The van der Waals surface area contributed by atoms with Gasteiger partial charge in [-0.25, -0.2) is 0 Å². The number of rotatable bonds is 38. The van der Waals surface area contributed by atoms with Crippen molar-refractivity contribution in [2.75, 3.05) is 41.0 Å². The molecule has 0 fully saturated rings. The van der Waals surface area contributed by atoms with Gasteiger partial charge in [-0.1, -0.05) is 148 Å². The Labute approximate surface area is 314 Å². The SMILES string of the molecule is CCCCCCCCC/C=C/CCCCCCCC(=O)OCC(COCCC(C(=O)[O-])[N+](C)(C)C)OC(=O)CCCCCCCCCCCCC. The molecule has 0 rings (SSSR count). The fourth-order valence-corrected chi connectivity index (χ4v) is 6.30. The third kappa shape index (κ3) is 33.6. The first kappa shape index (κ1) is 49.1. The number of hydrogen-bond donors (Lipinski definition) is 0. The van der Waals surface area contributed by atoms with Gasteiger partial charge in [0.1, 0.15) is 12.6 Å². The molecule has 8 nitrogen and oxygen atoms in total. The zero-order valence-electron chi connectivity index (χ0n) is 34.0. The minimum absolute atomic E-state index is 0.0433. The van der Waals surface area contributed by atoms with Gasteiger partial charge in [0.25, 0.3) is 0 Å². The molecule has 2 unspecified atom stereocenters. The molecule has 0 aromatic carbocycles. The van der Waals surface area contributed by atoms with Crippen LogP contribution in [0.2, 0.25) is 0 Å².